The molecule has 1 saturated carbocycles. The van der Waals surface area contributed by atoms with Gasteiger partial charge in [0.15, 0.2) is 5.78 Å². The van der Waals surface area contributed by atoms with Gasteiger partial charge in [0.05, 0.1) is 11.5 Å². The molecule has 258 valence electrons. The molecular weight excluding hydrogens is 616 g/mol. The molecule has 2 aliphatic rings. The third kappa shape index (κ3) is 8.27. The normalized spacial score (nSPS) is 19.0. The molecule has 5 rings (SSSR count). The van der Waals surface area contributed by atoms with Crippen LogP contribution < -0.4 is 15.5 Å². The van der Waals surface area contributed by atoms with E-state index < -0.39 is 23.7 Å². The summed E-state index contributed by atoms with van der Waals surface area (Å²) in [5.74, 6) is -0.620. The number of rotatable bonds is 14. The highest BCUT2D eigenvalue weighted by molar-refractivity contribution is 6.03. The molecule has 4 amide bonds. The van der Waals surface area contributed by atoms with Gasteiger partial charge in [-0.3, -0.25) is 28.9 Å². The summed E-state index contributed by atoms with van der Waals surface area (Å²) in [5.41, 5.74) is 2.72. The lowest BCUT2D eigenvalue weighted by atomic mass is 9.81. The molecule has 0 spiro atoms. The van der Waals surface area contributed by atoms with Crippen LogP contribution in [0.25, 0.3) is 0 Å². The molecule has 2 fully saturated rings. The second-order valence-corrected chi connectivity index (χ2v) is 13.5. The van der Waals surface area contributed by atoms with Crippen LogP contribution >= 0.6 is 0 Å². The van der Waals surface area contributed by atoms with E-state index in [0.29, 0.717) is 44.3 Å². The molecule has 9 heteroatoms. The second-order valence-electron chi connectivity index (χ2n) is 13.5. The van der Waals surface area contributed by atoms with E-state index >= 15 is 0 Å². The lowest BCUT2D eigenvalue weighted by Gasteiger charge is -2.32. The predicted molar refractivity (Wildman–Crippen MR) is 189 cm³/mol. The monoisotopic (exact) mass is 664 g/mol. The summed E-state index contributed by atoms with van der Waals surface area (Å²) >= 11 is 0. The Morgan fingerprint density at radius 1 is 0.857 bits per heavy atom. The van der Waals surface area contributed by atoms with Gasteiger partial charge >= 0.3 is 0 Å². The fraction of sp³-hybridized carbons (Fsp3) is 0.425. The first-order valence-electron chi connectivity index (χ1n) is 17.5. The fourth-order valence-electron chi connectivity index (χ4n) is 7.33. The minimum atomic E-state index is -0.709. The van der Waals surface area contributed by atoms with E-state index in [4.69, 9.17) is 0 Å². The van der Waals surface area contributed by atoms with Gasteiger partial charge in [-0.1, -0.05) is 92.6 Å². The summed E-state index contributed by atoms with van der Waals surface area (Å²) in [4.78, 5) is 69.5. The molecule has 1 heterocycles. The summed E-state index contributed by atoms with van der Waals surface area (Å²) in [6.07, 6.45) is 4.96. The van der Waals surface area contributed by atoms with Crippen molar-refractivity contribution in [2.45, 2.75) is 96.8 Å². The van der Waals surface area contributed by atoms with Crippen molar-refractivity contribution in [1.82, 2.24) is 15.5 Å². The van der Waals surface area contributed by atoms with Crippen molar-refractivity contribution in [3.63, 3.8) is 0 Å². The highest BCUT2D eigenvalue weighted by Gasteiger charge is 2.49. The number of ketones is 1. The highest BCUT2D eigenvalue weighted by atomic mass is 16.2. The number of hydrogen-bond donors (Lipinski definition) is 2. The van der Waals surface area contributed by atoms with Gasteiger partial charge in [-0.15, -0.1) is 0 Å². The molecule has 3 aromatic rings. The highest BCUT2D eigenvalue weighted by Crippen LogP contribution is 2.42. The van der Waals surface area contributed by atoms with Crippen molar-refractivity contribution in [2.75, 3.05) is 11.4 Å². The van der Waals surface area contributed by atoms with Crippen molar-refractivity contribution < 1.29 is 24.0 Å². The SMILES string of the molecule is CCCC(=O)N1C(Cc2ccccc2)C(=O)N(c2ccc(CC(NC(=O)C3(CCNC(C)=O)CCCC3)C(C)=O)cc2)C1c1ccccc1. The number of carbonyl (C=O) groups excluding carboxylic acids is 5. The van der Waals surface area contributed by atoms with E-state index in [1.807, 2.05) is 91.9 Å². The number of nitrogens with zero attached hydrogens (tertiary/aromatic N) is 2. The van der Waals surface area contributed by atoms with Gasteiger partial charge in [0.1, 0.15) is 12.2 Å². The van der Waals surface area contributed by atoms with E-state index in [9.17, 15) is 24.0 Å². The van der Waals surface area contributed by atoms with Crippen molar-refractivity contribution in [3.05, 3.63) is 102 Å². The van der Waals surface area contributed by atoms with Crippen molar-refractivity contribution in [2.24, 2.45) is 5.41 Å². The van der Waals surface area contributed by atoms with Crippen LogP contribution in [0.15, 0.2) is 84.9 Å². The number of benzene rings is 3. The zero-order valence-electron chi connectivity index (χ0n) is 28.8. The lowest BCUT2D eigenvalue weighted by Crippen LogP contribution is -2.49. The van der Waals surface area contributed by atoms with Gasteiger partial charge in [-0.25, -0.2) is 0 Å². The molecular formula is C40H48N4O5. The topological polar surface area (TPSA) is 116 Å². The molecule has 1 saturated heterocycles. The summed E-state index contributed by atoms with van der Waals surface area (Å²) in [6, 6.07) is 25.5. The average molecular weight is 665 g/mol. The van der Waals surface area contributed by atoms with Gasteiger partial charge in [0, 0.05) is 32.0 Å². The summed E-state index contributed by atoms with van der Waals surface area (Å²) in [7, 11) is 0. The predicted octanol–water partition coefficient (Wildman–Crippen LogP) is 5.67. The molecule has 0 aromatic heterocycles. The van der Waals surface area contributed by atoms with Crippen LogP contribution in [-0.4, -0.2) is 52.9 Å². The van der Waals surface area contributed by atoms with Crippen LogP contribution in [0.1, 0.15) is 88.6 Å². The molecule has 3 atom stereocenters. The standard InChI is InChI=1S/C40H48N4O5/c1-4-13-36(47)44-35(27-30-14-7-5-8-15-30)38(48)43(37(44)32-16-9-6-10-17-32)33-20-18-31(19-21-33)26-34(28(2)45)42-39(49)40(22-11-12-23-40)24-25-41-29(3)46/h5-10,14-21,34-35,37H,4,11-13,22-27H2,1-3H3,(H,41,46)(H,42,49). The summed E-state index contributed by atoms with van der Waals surface area (Å²) < 4.78 is 0. The number of hydrogen-bond acceptors (Lipinski definition) is 5. The minimum absolute atomic E-state index is 0.0677. The molecule has 2 N–H and O–H groups in total. The number of anilines is 1. The fourth-order valence-corrected chi connectivity index (χ4v) is 7.33. The van der Waals surface area contributed by atoms with Gasteiger partial charge in [-0.2, -0.15) is 0 Å². The van der Waals surface area contributed by atoms with Gasteiger partial charge in [-0.05, 0) is 67.9 Å². The summed E-state index contributed by atoms with van der Waals surface area (Å²) in [6.45, 7) is 5.33. The molecule has 0 radical (unpaired) electrons. The molecule has 3 unspecified atom stereocenters. The Bertz CT molecular complexity index is 1620. The van der Waals surface area contributed by atoms with Crippen molar-refractivity contribution in [1.29, 1.82) is 0 Å². The van der Waals surface area contributed by atoms with Gasteiger partial charge in [0.2, 0.25) is 17.7 Å². The van der Waals surface area contributed by atoms with Crippen LogP contribution in [-0.2, 0) is 36.8 Å². The van der Waals surface area contributed by atoms with Gasteiger partial charge < -0.3 is 15.5 Å². The average Bonchev–Trinajstić information content (AvgIpc) is 3.69. The third-order valence-electron chi connectivity index (χ3n) is 9.96. The lowest BCUT2D eigenvalue weighted by molar-refractivity contribution is -0.136. The van der Waals surface area contributed by atoms with E-state index in [1.165, 1.54) is 13.8 Å². The molecule has 49 heavy (non-hydrogen) atoms. The van der Waals surface area contributed by atoms with Crippen molar-refractivity contribution >= 4 is 35.1 Å². The zero-order chi connectivity index (χ0) is 35.0. The van der Waals surface area contributed by atoms with Crippen LogP contribution in [0.4, 0.5) is 5.69 Å². The molecule has 0 bridgehead atoms. The van der Waals surface area contributed by atoms with Gasteiger partial charge in [0.25, 0.3) is 5.91 Å². The number of amides is 4. The van der Waals surface area contributed by atoms with Crippen molar-refractivity contribution in [3.8, 4) is 0 Å². The first-order valence-corrected chi connectivity index (χ1v) is 17.5. The first-order chi connectivity index (χ1) is 23.6. The van der Waals surface area contributed by atoms with E-state index in [-0.39, 0.29) is 29.4 Å². The Balaban J connectivity index is 1.40. The second kappa shape index (κ2) is 16.1. The quantitative estimate of drug-likeness (QED) is 0.230. The first kappa shape index (κ1) is 35.5. The Morgan fingerprint density at radius 2 is 1.49 bits per heavy atom. The van der Waals surface area contributed by atoms with E-state index in [1.54, 1.807) is 9.80 Å². The summed E-state index contributed by atoms with van der Waals surface area (Å²) in [5, 5.41) is 5.85. The third-order valence-corrected chi connectivity index (χ3v) is 9.96. The number of nitrogens with one attached hydrogen (secondary N) is 2. The van der Waals surface area contributed by atoms with Crippen LogP contribution in [0.2, 0.25) is 0 Å². The smallest absolute Gasteiger partial charge is 0.252 e. The van der Waals surface area contributed by atoms with Crippen LogP contribution in [0, 0.1) is 5.41 Å². The Labute approximate surface area is 289 Å². The minimum Gasteiger partial charge on any atom is -0.356 e. The van der Waals surface area contributed by atoms with Crippen LogP contribution in [0.3, 0.4) is 0 Å². The number of carbonyl (C=O) groups is 5. The van der Waals surface area contributed by atoms with Crippen LogP contribution in [0.5, 0.6) is 0 Å². The zero-order valence-corrected chi connectivity index (χ0v) is 28.8. The maximum absolute atomic E-state index is 14.4. The Morgan fingerprint density at radius 3 is 2.08 bits per heavy atom. The molecule has 1 aliphatic heterocycles. The van der Waals surface area contributed by atoms with E-state index in [2.05, 4.69) is 10.6 Å². The maximum atomic E-state index is 14.4. The molecule has 9 nitrogen and oxygen atoms in total. The van der Waals surface area contributed by atoms with E-state index in [0.717, 1.165) is 42.4 Å². The Hall–Kier alpha value is -4.79. The largest absolute Gasteiger partial charge is 0.356 e. The molecule has 1 aliphatic carbocycles. The maximum Gasteiger partial charge on any atom is 0.252 e. The number of Topliss-reactive ketones (excluding diaryl/α,β-unsaturated/α-hetero) is 1. The molecule has 3 aromatic carbocycles. The Kier molecular flexibility index (Phi) is 11.6.